The third-order valence-electron chi connectivity index (χ3n) is 5.13. The smallest absolute Gasteiger partial charge is 0.191 e. The minimum absolute atomic E-state index is 0. The number of nitrogens with zero attached hydrogens (tertiary/aromatic N) is 1. The van der Waals surface area contributed by atoms with Gasteiger partial charge in [0.25, 0.3) is 0 Å². The van der Waals surface area contributed by atoms with Crippen LogP contribution in [0.3, 0.4) is 0 Å². The summed E-state index contributed by atoms with van der Waals surface area (Å²) < 4.78 is 10.8. The molecular weight excluding hydrogens is 441 g/mol. The van der Waals surface area contributed by atoms with E-state index >= 15 is 0 Å². The first kappa shape index (κ1) is 23.2. The zero-order valence-corrected chi connectivity index (χ0v) is 18.7. The van der Waals surface area contributed by atoms with Crippen molar-refractivity contribution >= 4 is 29.9 Å². The maximum atomic E-state index is 5.56. The van der Waals surface area contributed by atoms with Gasteiger partial charge in [0, 0.05) is 40.5 Å². The van der Waals surface area contributed by atoms with Crippen LogP contribution in [0.1, 0.15) is 43.7 Å². The van der Waals surface area contributed by atoms with Crippen LogP contribution in [0.15, 0.2) is 29.3 Å². The van der Waals surface area contributed by atoms with E-state index in [0.29, 0.717) is 12.0 Å². The van der Waals surface area contributed by atoms with Gasteiger partial charge in [0.1, 0.15) is 0 Å². The van der Waals surface area contributed by atoms with Crippen LogP contribution < -0.4 is 10.6 Å². The van der Waals surface area contributed by atoms with Crippen LogP contribution in [0.5, 0.6) is 0 Å². The van der Waals surface area contributed by atoms with Crippen molar-refractivity contribution in [3.8, 4) is 0 Å². The van der Waals surface area contributed by atoms with Crippen LogP contribution in [0.4, 0.5) is 0 Å². The quantitative estimate of drug-likeness (QED) is 0.308. The number of rotatable bonds is 10. The summed E-state index contributed by atoms with van der Waals surface area (Å²) in [4.78, 5) is 4.37. The molecule has 0 bridgehead atoms. The van der Waals surface area contributed by atoms with Crippen molar-refractivity contribution in [2.45, 2.75) is 45.8 Å². The van der Waals surface area contributed by atoms with Gasteiger partial charge in [0.2, 0.25) is 0 Å². The Morgan fingerprint density at radius 2 is 1.92 bits per heavy atom. The predicted molar refractivity (Wildman–Crippen MR) is 118 cm³/mol. The highest BCUT2D eigenvalue weighted by Crippen LogP contribution is 2.43. The molecule has 2 rings (SSSR count). The summed E-state index contributed by atoms with van der Waals surface area (Å²) in [7, 11) is 3.60. The maximum absolute atomic E-state index is 5.56. The van der Waals surface area contributed by atoms with Crippen LogP contribution in [-0.4, -0.2) is 39.9 Å². The lowest BCUT2D eigenvalue weighted by Crippen LogP contribution is -2.46. The molecule has 0 amide bonds. The molecule has 1 aromatic carbocycles. The summed E-state index contributed by atoms with van der Waals surface area (Å²) in [5.74, 6) is 0.856. The van der Waals surface area contributed by atoms with Gasteiger partial charge >= 0.3 is 0 Å². The Hall–Kier alpha value is -0.860. The van der Waals surface area contributed by atoms with E-state index in [9.17, 15) is 0 Å². The van der Waals surface area contributed by atoms with Gasteiger partial charge in [0.15, 0.2) is 5.96 Å². The van der Waals surface area contributed by atoms with Gasteiger partial charge in [-0.2, -0.15) is 0 Å². The van der Waals surface area contributed by atoms with Crippen LogP contribution in [-0.2, 0) is 22.6 Å². The van der Waals surface area contributed by atoms with E-state index in [1.807, 2.05) is 14.0 Å². The number of hydrogen-bond acceptors (Lipinski definition) is 3. The molecule has 1 aliphatic rings. The van der Waals surface area contributed by atoms with Crippen molar-refractivity contribution in [2.24, 2.45) is 10.4 Å². The maximum Gasteiger partial charge on any atom is 0.191 e. The van der Waals surface area contributed by atoms with E-state index in [0.717, 1.165) is 38.7 Å². The van der Waals surface area contributed by atoms with Crippen molar-refractivity contribution in [1.82, 2.24) is 10.6 Å². The van der Waals surface area contributed by atoms with E-state index in [2.05, 4.69) is 39.9 Å². The number of nitrogens with one attached hydrogen (secondary N) is 2. The van der Waals surface area contributed by atoms with E-state index in [-0.39, 0.29) is 24.0 Å². The number of methoxy groups -OCH3 is 1. The standard InChI is InChI=1S/C20H33N3O2.HI/c1-4-25-15-18-9-6-5-8-17(18)14-22-19(21-2)23-16-20(10-7-11-20)12-13-24-3;/h5-6,8-9H,4,7,10-16H2,1-3H3,(H2,21,22,23);1H. The Balaban J connectivity index is 0.00000338. The molecule has 1 fully saturated rings. The molecule has 0 aromatic heterocycles. The summed E-state index contributed by atoms with van der Waals surface area (Å²) in [5.41, 5.74) is 2.85. The van der Waals surface area contributed by atoms with Gasteiger partial charge in [-0.05, 0) is 42.7 Å². The van der Waals surface area contributed by atoms with Crippen molar-refractivity contribution in [2.75, 3.05) is 33.9 Å². The molecule has 0 unspecified atom stereocenters. The van der Waals surface area contributed by atoms with E-state index < -0.39 is 0 Å². The van der Waals surface area contributed by atoms with Crippen molar-refractivity contribution < 1.29 is 9.47 Å². The molecule has 2 N–H and O–H groups in total. The molecule has 26 heavy (non-hydrogen) atoms. The molecule has 0 saturated heterocycles. The van der Waals surface area contributed by atoms with E-state index in [1.54, 1.807) is 7.11 Å². The summed E-state index contributed by atoms with van der Waals surface area (Å²) in [5, 5.41) is 6.94. The molecule has 0 heterocycles. The second-order valence-electron chi connectivity index (χ2n) is 6.78. The Morgan fingerprint density at radius 1 is 1.19 bits per heavy atom. The van der Waals surface area contributed by atoms with E-state index in [4.69, 9.17) is 9.47 Å². The second-order valence-corrected chi connectivity index (χ2v) is 6.78. The van der Waals surface area contributed by atoms with Crippen LogP contribution in [0, 0.1) is 5.41 Å². The molecule has 0 spiro atoms. The molecule has 1 aliphatic carbocycles. The van der Waals surface area contributed by atoms with Crippen LogP contribution in [0.25, 0.3) is 0 Å². The zero-order valence-electron chi connectivity index (χ0n) is 16.3. The van der Waals surface area contributed by atoms with Crippen molar-refractivity contribution in [3.63, 3.8) is 0 Å². The number of hydrogen-bond donors (Lipinski definition) is 2. The van der Waals surface area contributed by atoms with Gasteiger partial charge in [-0.3, -0.25) is 4.99 Å². The number of aliphatic imine (C=N–C) groups is 1. The average molecular weight is 475 g/mol. The highest BCUT2D eigenvalue weighted by atomic mass is 127. The third-order valence-corrected chi connectivity index (χ3v) is 5.13. The first-order valence-electron chi connectivity index (χ1n) is 9.31. The molecule has 0 aliphatic heterocycles. The zero-order chi connectivity index (χ0) is 18.0. The molecule has 5 nitrogen and oxygen atoms in total. The first-order chi connectivity index (χ1) is 12.2. The second kappa shape index (κ2) is 12.5. The van der Waals surface area contributed by atoms with Crippen LogP contribution in [0.2, 0.25) is 0 Å². The molecule has 1 aromatic rings. The van der Waals surface area contributed by atoms with Crippen LogP contribution >= 0.6 is 24.0 Å². The van der Waals surface area contributed by atoms with E-state index in [1.165, 1.54) is 30.4 Å². The average Bonchev–Trinajstić information content (AvgIpc) is 2.61. The Labute approximate surface area is 175 Å². The number of halogens is 1. The summed E-state index contributed by atoms with van der Waals surface area (Å²) in [6.07, 6.45) is 4.99. The van der Waals surface area contributed by atoms with Gasteiger partial charge in [0.05, 0.1) is 6.61 Å². The molecule has 148 valence electrons. The van der Waals surface area contributed by atoms with Gasteiger partial charge in [-0.25, -0.2) is 0 Å². The Morgan fingerprint density at radius 3 is 2.50 bits per heavy atom. The molecule has 6 heteroatoms. The highest BCUT2D eigenvalue weighted by molar-refractivity contribution is 14.0. The summed E-state index contributed by atoms with van der Waals surface area (Å²) >= 11 is 0. The lowest BCUT2D eigenvalue weighted by atomic mass is 9.67. The minimum atomic E-state index is 0. The normalized spacial score (nSPS) is 15.7. The fourth-order valence-corrected chi connectivity index (χ4v) is 3.26. The fraction of sp³-hybridized carbons (Fsp3) is 0.650. The van der Waals surface area contributed by atoms with Crippen molar-refractivity contribution in [1.29, 1.82) is 0 Å². The monoisotopic (exact) mass is 475 g/mol. The lowest BCUT2D eigenvalue weighted by Gasteiger charge is -2.42. The molecule has 1 saturated carbocycles. The Kier molecular flexibility index (Phi) is 11.2. The Bertz CT molecular complexity index is 548. The molecular formula is C20H34IN3O2. The minimum Gasteiger partial charge on any atom is -0.385 e. The van der Waals surface area contributed by atoms with Crippen molar-refractivity contribution in [3.05, 3.63) is 35.4 Å². The third kappa shape index (κ3) is 7.04. The van der Waals surface area contributed by atoms with Gasteiger partial charge in [-0.15, -0.1) is 24.0 Å². The lowest BCUT2D eigenvalue weighted by molar-refractivity contribution is 0.0732. The number of benzene rings is 1. The molecule has 0 radical (unpaired) electrons. The SMILES string of the molecule is CCOCc1ccccc1CNC(=NC)NCC1(CCOC)CCC1.I. The first-order valence-corrected chi connectivity index (χ1v) is 9.31. The predicted octanol–water partition coefficient (Wildman–Crippen LogP) is 3.71. The topological polar surface area (TPSA) is 54.9 Å². The van der Waals surface area contributed by atoms with Gasteiger partial charge in [-0.1, -0.05) is 30.7 Å². The highest BCUT2D eigenvalue weighted by Gasteiger charge is 2.36. The largest absolute Gasteiger partial charge is 0.385 e. The van der Waals surface area contributed by atoms with Gasteiger partial charge < -0.3 is 20.1 Å². The molecule has 0 atom stereocenters. The summed E-state index contributed by atoms with van der Waals surface area (Å²) in [6.45, 7) is 5.94. The number of guanidine groups is 1. The number of ether oxygens (including phenoxy) is 2. The fourth-order valence-electron chi connectivity index (χ4n) is 3.26. The summed E-state index contributed by atoms with van der Waals surface area (Å²) in [6, 6.07) is 8.38.